The van der Waals surface area contributed by atoms with Gasteiger partial charge in [-0.15, -0.1) is 0 Å². The van der Waals surface area contributed by atoms with E-state index in [1.165, 1.54) is 18.2 Å². The molecule has 28 heavy (non-hydrogen) atoms. The van der Waals surface area contributed by atoms with Gasteiger partial charge >= 0.3 is 5.97 Å². The second-order valence-corrected chi connectivity index (χ2v) is 5.57. The van der Waals surface area contributed by atoms with Gasteiger partial charge in [-0.2, -0.15) is 0 Å². The first-order valence-electron chi connectivity index (χ1n) is 8.37. The summed E-state index contributed by atoms with van der Waals surface area (Å²) in [6.45, 7) is 3.49. The van der Waals surface area contributed by atoms with E-state index in [1.807, 2.05) is 0 Å². The van der Waals surface area contributed by atoms with Crippen LogP contribution in [0.5, 0.6) is 5.75 Å². The number of hydrogen-bond donors (Lipinski definition) is 2. The molecule has 0 atom stereocenters. The molecular formula is C21H20N2O5. The first-order chi connectivity index (χ1) is 13.5. The number of para-hydroxylation sites is 1. The van der Waals surface area contributed by atoms with Crippen LogP contribution in [0.25, 0.3) is 6.08 Å². The summed E-state index contributed by atoms with van der Waals surface area (Å²) in [6, 6.07) is 13.4. The Bertz CT molecular complexity index is 888. The first-order valence-corrected chi connectivity index (χ1v) is 8.37. The third-order valence-corrected chi connectivity index (χ3v) is 3.47. The molecule has 3 N–H and O–H groups in total. The lowest BCUT2D eigenvalue weighted by Crippen LogP contribution is -2.22. The summed E-state index contributed by atoms with van der Waals surface area (Å²) in [4.78, 5) is 35.0. The van der Waals surface area contributed by atoms with Crippen molar-refractivity contribution in [2.24, 2.45) is 5.73 Å². The molecule has 0 fully saturated rings. The lowest BCUT2D eigenvalue weighted by Gasteiger charge is -2.08. The lowest BCUT2D eigenvalue weighted by molar-refractivity contribution is -0.142. The molecule has 0 aromatic heterocycles. The van der Waals surface area contributed by atoms with Gasteiger partial charge in [0.05, 0.1) is 11.3 Å². The highest BCUT2D eigenvalue weighted by Crippen LogP contribution is 2.14. The van der Waals surface area contributed by atoms with E-state index in [1.54, 1.807) is 48.6 Å². The number of nitrogens with two attached hydrogens (primary N) is 1. The van der Waals surface area contributed by atoms with Gasteiger partial charge in [-0.05, 0) is 35.9 Å². The van der Waals surface area contributed by atoms with Crippen molar-refractivity contribution >= 4 is 29.5 Å². The van der Waals surface area contributed by atoms with Crippen molar-refractivity contribution in [2.75, 3.05) is 18.5 Å². The Labute approximate surface area is 162 Å². The number of esters is 1. The van der Waals surface area contributed by atoms with Crippen molar-refractivity contribution in [3.05, 3.63) is 78.4 Å². The van der Waals surface area contributed by atoms with Gasteiger partial charge in [0, 0.05) is 6.08 Å². The predicted octanol–water partition coefficient (Wildman–Crippen LogP) is 2.55. The number of benzene rings is 2. The summed E-state index contributed by atoms with van der Waals surface area (Å²) >= 11 is 0. The zero-order chi connectivity index (χ0) is 20.4. The van der Waals surface area contributed by atoms with Crippen molar-refractivity contribution in [2.45, 2.75) is 0 Å². The fourth-order valence-electron chi connectivity index (χ4n) is 2.17. The average molecular weight is 380 g/mol. The Morgan fingerprint density at radius 3 is 2.46 bits per heavy atom. The molecule has 2 aromatic rings. The number of anilines is 1. The molecule has 0 saturated carbocycles. The number of hydrogen-bond acceptors (Lipinski definition) is 5. The summed E-state index contributed by atoms with van der Waals surface area (Å²) in [6.07, 6.45) is 4.41. The van der Waals surface area contributed by atoms with Gasteiger partial charge in [0.1, 0.15) is 12.4 Å². The fraction of sp³-hybridized carbons (Fsp3) is 0.0952. The van der Waals surface area contributed by atoms with E-state index in [0.29, 0.717) is 12.4 Å². The van der Waals surface area contributed by atoms with Crippen molar-refractivity contribution < 1.29 is 23.9 Å². The molecule has 0 heterocycles. The number of ether oxygens (including phenoxy) is 2. The van der Waals surface area contributed by atoms with E-state index >= 15 is 0 Å². The van der Waals surface area contributed by atoms with Crippen LogP contribution in [0, 0.1) is 0 Å². The van der Waals surface area contributed by atoms with Gasteiger partial charge in [-0.25, -0.2) is 4.79 Å². The molecule has 7 nitrogen and oxygen atoms in total. The number of primary amides is 1. The van der Waals surface area contributed by atoms with Crippen LogP contribution in [0.2, 0.25) is 0 Å². The maximum atomic E-state index is 11.9. The smallest absolute Gasteiger partial charge is 0.331 e. The number of nitrogens with one attached hydrogen (secondary N) is 1. The molecule has 0 aliphatic heterocycles. The van der Waals surface area contributed by atoms with E-state index in [-0.39, 0.29) is 11.3 Å². The standard InChI is InChI=1S/C21H20N2O5/c1-2-13-27-16-10-7-15(8-11-16)9-12-20(25)28-14-19(24)23-18-6-4-3-5-17(18)21(22)26/h2-12H,1,13-14H2,(H2,22,26)(H,23,24)/b12-9+. The molecule has 144 valence electrons. The van der Waals surface area contributed by atoms with Gasteiger partial charge < -0.3 is 20.5 Å². The number of carbonyl (C=O) groups is 3. The van der Waals surface area contributed by atoms with E-state index in [2.05, 4.69) is 11.9 Å². The number of carbonyl (C=O) groups excluding carboxylic acids is 3. The van der Waals surface area contributed by atoms with E-state index in [4.69, 9.17) is 15.2 Å². The molecule has 0 aliphatic carbocycles. The van der Waals surface area contributed by atoms with Crippen LogP contribution in [-0.2, 0) is 14.3 Å². The van der Waals surface area contributed by atoms with Crippen LogP contribution in [0.1, 0.15) is 15.9 Å². The van der Waals surface area contributed by atoms with Crippen LogP contribution in [-0.4, -0.2) is 31.0 Å². The van der Waals surface area contributed by atoms with Crippen LogP contribution in [0.3, 0.4) is 0 Å². The normalized spacial score (nSPS) is 10.3. The quantitative estimate of drug-likeness (QED) is 0.395. The van der Waals surface area contributed by atoms with Crippen molar-refractivity contribution in [1.82, 2.24) is 0 Å². The fourth-order valence-corrected chi connectivity index (χ4v) is 2.17. The highest BCUT2D eigenvalue weighted by atomic mass is 16.5. The largest absolute Gasteiger partial charge is 0.490 e. The molecule has 0 radical (unpaired) electrons. The molecule has 0 spiro atoms. The summed E-state index contributed by atoms with van der Waals surface area (Å²) in [5, 5.41) is 2.48. The molecule has 7 heteroatoms. The lowest BCUT2D eigenvalue weighted by atomic mass is 10.1. The average Bonchev–Trinajstić information content (AvgIpc) is 2.70. The molecular weight excluding hydrogens is 360 g/mol. The Morgan fingerprint density at radius 1 is 1.07 bits per heavy atom. The maximum absolute atomic E-state index is 11.9. The minimum absolute atomic E-state index is 0.169. The van der Waals surface area contributed by atoms with Gasteiger partial charge in [-0.3, -0.25) is 9.59 Å². The summed E-state index contributed by atoms with van der Waals surface area (Å²) in [7, 11) is 0. The topological polar surface area (TPSA) is 108 Å². The third-order valence-electron chi connectivity index (χ3n) is 3.47. The van der Waals surface area contributed by atoms with E-state index in [9.17, 15) is 14.4 Å². The van der Waals surface area contributed by atoms with Crippen LogP contribution >= 0.6 is 0 Å². The monoisotopic (exact) mass is 380 g/mol. The molecule has 2 aromatic carbocycles. The third kappa shape index (κ3) is 6.45. The van der Waals surface area contributed by atoms with Gasteiger partial charge in [-0.1, -0.05) is 36.9 Å². The molecule has 0 bridgehead atoms. The Hall–Kier alpha value is -3.87. The molecule has 2 amide bonds. The van der Waals surface area contributed by atoms with Gasteiger partial charge in [0.15, 0.2) is 6.61 Å². The number of rotatable bonds is 9. The van der Waals surface area contributed by atoms with Gasteiger partial charge in [0.25, 0.3) is 11.8 Å². The second-order valence-electron chi connectivity index (χ2n) is 5.57. The SMILES string of the molecule is C=CCOc1ccc(/C=C/C(=O)OCC(=O)Nc2ccccc2C(N)=O)cc1. The summed E-state index contributed by atoms with van der Waals surface area (Å²) in [5.41, 5.74) is 6.43. The number of amides is 2. The molecule has 0 unspecified atom stereocenters. The van der Waals surface area contributed by atoms with Crippen LogP contribution < -0.4 is 15.8 Å². The highest BCUT2D eigenvalue weighted by Gasteiger charge is 2.11. The zero-order valence-electron chi connectivity index (χ0n) is 15.1. The van der Waals surface area contributed by atoms with E-state index in [0.717, 1.165) is 5.56 Å². The molecule has 0 aliphatic rings. The van der Waals surface area contributed by atoms with Crippen molar-refractivity contribution in [3.8, 4) is 5.75 Å². The van der Waals surface area contributed by atoms with Crippen molar-refractivity contribution in [3.63, 3.8) is 0 Å². The maximum Gasteiger partial charge on any atom is 0.331 e. The minimum atomic E-state index is -0.676. The van der Waals surface area contributed by atoms with Crippen LogP contribution in [0.15, 0.2) is 67.3 Å². The second kappa shape index (κ2) is 10.3. The Kier molecular flexibility index (Phi) is 7.53. The van der Waals surface area contributed by atoms with E-state index < -0.39 is 24.4 Å². The predicted molar refractivity (Wildman–Crippen MR) is 106 cm³/mol. The highest BCUT2D eigenvalue weighted by molar-refractivity contribution is 6.03. The van der Waals surface area contributed by atoms with Crippen molar-refractivity contribution in [1.29, 1.82) is 0 Å². The summed E-state index contributed by atoms with van der Waals surface area (Å²) < 4.78 is 10.3. The zero-order valence-corrected chi connectivity index (χ0v) is 15.1. The Morgan fingerprint density at radius 2 is 1.79 bits per heavy atom. The summed E-state index contributed by atoms with van der Waals surface area (Å²) in [5.74, 6) is -1.24. The molecule has 2 rings (SSSR count). The minimum Gasteiger partial charge on any atom is -0.490 e. The molecule has 0 saturated heterocycles. The van der Waals surface area contributed by atoms with Crippen LogP contribution in [0.4, 0.5) is 5.69 Å². The first kappa shape index (κ1) is 20.4. The Balaban J connectivity index is 1.83. The van der Waals surface area contributed by atoms with Gasteiger partial charge in [0.2, 0.25) is 0 Å².